The van der Waals surface area contributed by atoms with Crippen molar-refractivity contribution < 1.29 is 9.84 Å². The number of hydrogen-bond acceptors (Lipinski definition) is 3. The number of aliphatic hydroxyl groups is 1. The summed E-state index contributed by atoms with van der Waals surface area (Å²) in [7, 11) is 0. The Morgan fingerprint density at radius 2 is 1.86 bits per heavy atom. The summed E-state index contributed by atoms with van der Waals surface area (Å²) < 4.78 is 5.02. The maximum atomic E-state index is 10.1. The Labute approximate surface area is 86.7 Å². The fraction of sp³-hybridized carbons (Fsp3) is 0.909. The zero-order valence-electron chi connectivity index (χ0n) is 9.63. The van der Waals surface area contributed by atoms with Gasteiger partial charge in [-0.05, 0) is 25.2 Å². The monoisotopic (exact) mass is 199 g/mol. The molecule has 0 fully saturated rings. The van der Waals surface area contributed by atoms with Crippen LogP contribution in [0.1, 0.15) is 40.5 Å². The minimum absolute atomic E-state index is 0.123. The van der Waals surface area contributed by atoms with Crippen molar-refractivity contribution in [2.45, 2.75) is 46.1 Å². The number of rotatable bonds is 5. The minimum atomic E-state index is -0.678. The van der Waals surface area contributed by atoms with Crippen LogP contribution in [0.5, 0.6) is 0 Å². The third-order valence-corrected chi connectivity index (χ3v) is 2.73. The van der Waals surface area contributed by atoms with Crippen molar-refractivity contribution >= 4 is 0 Å². The molecule has 0 aliphatic rings. The molecule has 0 aliphatic heterocycles. The van der Waals surface area contributed by atoms with Crippen molar-refractivity contribution in [3.8, 4) is 6.07 Å². The molecule has 82 valence electrons. The summed E-state index contributed by atoms with van der Waals surface area (Å²) in [5, 5.41) is 18.3. The molecule has 0 bridgehead atoms. The van der Waals surface area contributed by atoms with E-state index in [1.54, 1.807) is 0 Å². The van der Waals surface area contributed by atoms with Gasteiger partial charge in [0.2, 0.25) is 0 Å². The first-order valence-corrected chi connectivity index (χ1v) is 4.98. The molecule has 1 N–H and O–H groups in total. The van der Waals surface area contributed by atoms with Gasteiger partial charge in [-0.2, -0.15) is 5.26 Å². The molecule has 0 saturated heterocycles. The molecule has 0 amide bonds. The third-order valence-electron chi connectivity index (χ3n) is 2.73. The molecule has 0 heterocycles. The van der Waals surface area contributed by atoms with Crippen LogP contribution in [0, 0.1) is 16.7 Å². The maximum absolute atomic E-state index is 10.1. The zero-order valence-corrected chi connectivity index (χ0v) is 9.63. The van der Waals surface area contributed by atoms with Crippen LogP contribution < -0.4 is 0 Å². The highest BCUT2D eigenvalue weighted by Gasteiger charge is 2.34. The molecule has 0 aromatic heterocycles. The van der Waals surface area contributed by atoms with Gasteiger partial charge in [-0.25, -0.2) is 0 Å². The van der Waals surface area contributed by atoms with E-state index in [1.807, 2.05) is 33.8 Å². The molecule has 14 heavy (non-hydrogen) atoms. The SMILES string of the molecule is CC(C)(C)C(C)(O)CCCOCC#N. The quantitative estimate of drug-likeness (QED) is 0.690. The lowest BCUT2D eigenvalue weighted by Crippen LogP contribution is -2.39. The molecule has 0 saturated carbocycles. The lowest BCUT2D eigenvalue weighted by atomic mass is 9.75. The first kappa shape index (κ1) is 13.4. The summed E-state index contributed by atoms with van der Waals surface area (Å²) in [6.45, 7) is 8.57. The summed E-state index contributed by atoms with van der Waals surface area (Å²) >= 11 is 0. The summed E-state index contributed by atoms with van der Waals surface area (Å²) in [6, 6.07) is 1.91. The van der Waals surface area contributed by atoms with Crippen LogP contribution in [-0.2, 0) is 4.74 Å². The average Bonchev–Trinajstić information content (AvgIpc) is 2.02. The van der Waals surface area contributed by atoms with E-state index < -0.39 is 5.60 Å². The van der Waals surface area contributed by atoms with E-state index in [9.17, 15) is 5.11 Å². The smallest absolute Gasteiger partial charge is 0.133 e. The highest BCUT2D eigenvalue weighted by atomic mass is 16.5. The van der Waals surface area contributed by atoms with Gasteiger partial charge in [-0.15, -0.1) is 0 Å². The lowest BCUT2D eigenvalue weighted by molar-refractivity contribution is -0.0531. The van der Waals surface area contributed by atoms with E-state index in [0.29, 0.717) is 13.0 Å². The summed E-state index contributed by atoms with van der Waals surface area (Å²) in [5.41, 5.74) is -0.800. The Bertz CT molecular complexity index is 198. The van der Waals surface area contributed by atoms with E-state index >= 15 is 0 Å². The fourth-order valence-corrected chi connectivity index (χ4v) is 1.01. The number of nitrogens with zero attached hydrogens (tertiary/aromatic N) is 1. The second-order valence-corrected chi connectivity index (χ2v) is 4.84. The van der Waals surface area contributed by atoms with Crippen molar-refractivity contribution in [3.05, 3.63) is 0 Å². The van der Waals surface area contributed by atoms with Gasteiger partial charge in [0.05, 0.1) is 11.7 Å². The van der Waals surface area contributed by atoms with Crippen molar-refractivity contribution in [2.75, 3.05) is 13.2 Å². The van der Waals surface area contributed by atoms with Crippen LogP contribution in [-0.4, -0.2) is 23.9 Å². The Morgan fingerprint density at radius 3 is 2.29 bits per heavy atom. The third kappa shape index (κ3) is 4.59. The molecule has 3 heteroatoms. The predicted molar refractivity (Wildman–Crippen MR) is 55.7 cm³/mol. The second-order valence-electron chi connectivity index (χ2n) is 4.84. The molecular formula is C11H21NO2. The Morgan fingerprint density at radius 1 is 1.29 bits per heavy atom. The largest absolute Gasteiger partial charge is 0.390 e. The van der Waals surface area contributed by atoms with Crippen molar-refractivity contribution in [1.29, 1.82) is 5.26 Å². The zero-order chi connectivity index (χ0) is 11.2. The van der Waals surface area contributed by atoms with Gasteiger partial charge in [0.1, 0.15) is 6.61 Å². The summed E-state index contributed by atoms with van der Waals surface area (Å²) in [4.78, 5) is 0. The van der Waals surface area contributed by atoms with E-state index in [0.717, 1.165) is 6.42 Å². The Kier molecular flexibility index (Phi) is 5.11. The molecule has 0 aromatic rings. The lowest BCUT2D eigenvalue weighted by Gasteiger charge is -2.37. The van der Waals surface area contributed by atoms with Crippen LogP contribution >= 0.6 is 0 Å². The van der Waals surface area contributed by atoms with Gasteiger partial charge in [0.25, 0.3) is 0 Å². The van der Waals surface area contributed by atoms with Crippen molar-refractivity contribution in [2.24, 2.45) is 5.41 Å². The van der Waals surface area contributed by atoms with Gasteiger partial charge in [0.15, 0.2) is 0 Å². The molecule has 0 aromatic carbocycles. The summed E-state index contributed by atoms with van der Waals surface area (Å²) in [6.07, 6.45) is 1.48. The topological polar surface area (TPSA) is 53.2 Å². The first-order chi connectivity index (χ1) is 6.31. The Hall–Kier alpha value is -0.590. The molecular weight excluding hydrogens is 178 g/mol. The molecule has 3 nitrogen and oxygen atoms in total. The van der Waals surface area contributed by atoms with Gasteiger partial charge in [0, 0.05) is 6.61 Å². The van der Waals surface area contributed by atoms with E-state index in [2.05, 4.69) is 0 Å². The van der Waals surface area contributed by atoms with Gasteiger partial charge < -0.3 is 9.84 Å². The number of nitriles is 1. The average molecular weight is 199 g/mol. The standard InChI is InChI=1S/C11H21NO2/c1-10(2,3)11(4,13)6-5-8-14-9-7-12/h13H,5-6,8-9H2,1-4H3. The number of ether oxygens (including phenoxy) is 1. The van der Waals surface area contributed by atoms with Crippen LogP contribution in [0.25, 0.3) is 0 Å². The van der Waals surface area contributed by atoms with Gasteiger partial charge in [-0.1, -0.05) is 20.8 Å². The van der Waals surface area contributed by atoms with Crippen molar-refractivity contribution in [3.63, 3.8) is 0 Å². The molecule has 0 rings (SSSR count). The molecule has 0 radical (unpaired) electrons. The molecule has 0 aliphatic carbocycles. The minimum Gasteiger partial charge on any atom is -0.390 e. The first-order valence-electron chi connectivity index (χ1n) is 4.98. The molecule has 0 spiro atoms. The van der Waals surface area contributed by atoms with Crippen LogP contribution in [0.4, 0.5) is 0 Å². The molecule has 1 atom stereocenters. The van der Waals surface area contributed by atoms with Gasteiger partial charge in [-0.3, -0.25) is 0 Å². The maximum Gasteiger partial charge on any atom is 0.133 e. The highest BCUT2D eigenvalue weighted by Crippen LogP contribution is 2.33. The van der Waals surface area contributed by atoms with Crippen LogP contribution in [0.15, 0.2) is 0 Å². The number of hydrogen-bond donors (Lipinski definition) is 1. The Balaban J connectivity index is 3.73. The second kappa shape index (κ2) is 5.33. The summed E-state index contributed by atoms with van der Waals surface area (Å²) in [5.74, 6) is 0. The van der Waals surface area contributed by atoms with Crippen LogP contribution in [0.3, 0.4) is 0 Å². The van der Waals surface area contributed by atoms with Crippen LogP contribution in [0.2, 0.25) is 0 Å². The highest BCUT2D eigenvalue weighted by molar-refractivity contribution is 4.85. The van der Waals surface area contributed by atoms with E-state index in [-0.39, 0.29) is 12.0 Å². The predicted octanol–water partition coefficient (Wildman–Crippen LogP) is 2.10. The van der Waals surface area contributed by atoms with E-state index in [4.69, 9.17) is 10.00 Å². The fourth-order valence-electron chi connectivity index (χ4n) is 1.01. The normalized spacial score (nSPS) is 16.0. The molecule has 1 unspecified atom stereocenters. The van der Waals surface area contributed by atoms with E-state index in [1.165, 1.54) is 0 Å². The van der Waals surface area contributed by atoms with Gasteiger partial charge >= 0.3 is 0 Å². The van der Waals surface area contributed by atoms with Crippen molar-refractivity contribution in [1.82, 2.24) is 0 Å².